The van der Waals surface area contributed by atoms with Crippen molar-refractivity contribution in [3.05, 3.63) is 52.6 Å². The Labute approximate surface area is 130 Å². The highest BCUT2D eigenvalue weighted by Crippen LogP contribution is 2.31. The number of aromatic nitrogens is 2. The summed E-state index contributed by atoms with van der Waals surface area (Å²) in [7, 11) is 2.01. The van der Waals surface area contributed by atoms with E-state index in [0.29, 0.717) is 6.42 Å². The van der Waals surface area contributed by atoms with Gasteiger partial charge in [-0.05, 0) is 38.2 Å². The fourth-order valence-corrected chi connectivity index (χ4v) is 3.27. The largest absolute Gasteiger partial charge is 0.481 e. The van der Waals surface area contributed by atoms with Crippen molar-refractivity contribution < 1.29 is 9.90 Å². The Morgan fingerprint density at radius 3 is 2.73 bits per heavy atom. The average molecular weight is 298 g/mol. The van der Waals surface area contributed by atoms with Gasteiger partial charge in [0.2, 0.25) is 0 Å². The third-order valence-corrected chi connectivity index (χ3v) is 4.63. The summed E-state index contributed by atoms with van der Waals surface area (Å²) >= 11 is 0. The van der Waals surface area contributed by atoms with Crippen LogP contribution in [0.25, 0.3) is 0 Å². The van der Waals surface area contributed by atoms with Crippen molar-refractivity contribution in [3.8, 4) is 0 Å². The summed E-state index contributed by atoms with van der Waals surface area (Å²) in [5, 5.41) is 9.37. The molecule has 22 heavy (non-hydrogen) atoms. The molecule has 4 nitrogen and oxygen atoms in total. The molecule has 1 aromatic heterocycles. The van der Waals surface area contributed by atoms with E-state index >= 15 is 0 Å². The molecule has 0 spiro atoms. The normalized spacial score (nSPS) is 17.3. The summed E-state index contributed by atoms with van der Waals surface area (Å²) in [6, 6.07) is 8.55. The summed E-state index contributed by atoms with van der Waals surface area (Å²) in [4.78, 5) is 16.1. The molecule has 4 heteroatoms. The zero-order chi connectivity index (χ0) is 15.7. The lowest BCUT2D eigenvalue weighted by Gasteiger charge is -2.18. The molecule has 0 aliphatic heterocycles. The molecule has 0 saturated heterocycles. The predicted molar refractivity (Wildman–Crippen MR) is 85.1 cm³/mol. The fraction of sp³-hybridized carbons (Fsp3) is 0.444. The summed E-state index contributed by atoms with van der Waals surface area (Å²) in [5.41, 5.74) is 4.46. The summed E-state index contributed by atoms with van der Waals surface area (Å²) in [6.45, 7) is 2.09. The Bertz CT molecular complexity index is 686. The van der Waals surface area contributed by atoms with Crippen molar-refractivity contribution in [1.82, 2.24) is 9.55 Å². The third-order valence-electron chi connectivity index (χ3n) is 4.63. The number of carbonyl (C=O) groups is 1. The van der Waals surface area contributed by atoms with E-state index in [2.05, 4.69) is 40.7 Å². The Balaban J connectivity index is 1.80. The molecule has 0 bridgehead atoms. The number of carboxylic acid groups (broad SMARTS) is 1. The molecule has 1 N–H and O–H groups in total. The van der Waals surface area contributed by atoms with Crippen LogP contribution >= 0.6 is 0 Å². The standard InChI is InChI=1S/C18H22N2O2/c1-12-6-8-13(9-7-12)10-11-16-19-17-14(18(21)22)4-3-5-15(17)20(16)2/h6-9,14H,3-5,10-11H2,1-2H3,(H,21,22). The number of aliphatic carboxylic acids is 1. The molecule has 0 amide bonds. The van der Waals surface area contributed by atoms with Crippen molar-refractivity contribution in [2.24, 2.45) is 7.05 Å². The molecule has 1 unspecified atom stereocenters. The van der Waals surface area contributed by atoms with Crippen molar-refractivity contribution in [2.75, 3.05) is 0 Å². The molecule has 116 valence electrons. The lowest BCUT2D eigenvalue weighted by molar-refractivity contribution is -0.139. The number of hydrogen-bond acceptors (Lipinski definition) is 2. The quantitative estimate of drug-likeness (QED) is 0.944. The van der Waals surface area contributed by atoms with Gasteiger partial charge in [-0.15, -0.1) is 0 Å². The number of hydrogen-bond donors (Lipinski definition) is 1. The van der Waals surface area contributed by atoms with E-state index in [1.807, 2.05) is 7.05 Å². The SMILES string of the molecule is Cc1ccc(CCc2nc3c(n2C)CCCC3C(=O)O)cc1. The lowest BCUT2D eigenvalue weighted by atomic mass is 9.90. The van der Waals surface area contributed by atoms with Crippen LogP contribution in [0.15, 0.2) is 24.3 Å². The molecule has 1 aliphatic rings. The number of imidazole rings is 1. The molecule has 1 aromatic carbocycles. The van der Waals surface area contributed by atoms with E-state index in [4.69, 9.17) is 0 Å². The molecule has 1 aliphatic carbocycles. The maximum absolute atomic E-state index is 11.4. The van der Waals surface area contributed by atoms with E-state index in [0.717, 1.165) is 42.9 Å². The molecule has 2 aromatic rings. The maximum atomic E-state index is 11.4. The van der Waals surface area contributed by atoms with E-state index in [1.165, 1.54) is 11.1 Å². The highest BCUT2D eigenvalue weighted by molar-refractivity contribution is 5.76. The van der Waals surface area contributed by atoms with Crippen LogP contribution in [-0.4, -0.2) is 20.6 Å². The van der Waals surface area contributed by atoms with Crippen LogP contribution in [0, 0.1) is 6.92 Å². The van der Waals surface area contributed by atoms with Crippen LogP contribution < -0.4 is 0 Å². The molecule has 0 saturated carbocycles. The molecule has 0 fully saturated rings. The van der Waals surface area contributed by atoms with Crippen LogP contribution in [0.3, 0.4) is 0 Å². The van der Waals surface area contributed by atoms with Gasteiger partial charge in [0, 0.05) is 19.2 Å². The predicted octanol–water partition coefficient (Wildman–Crippen LogP) is 3.02. The van der Waals surface area contributed by atoms with Gasteiger partial charge < -0.3 is 9.67 Å². The minimum atomic E-state index is -0.746. The minimum absolute atomic E-state index is 0.428. The highest BCUT2D eigenvalue weighted by Gasteiger charge is 2.30. The van der Waals surface area contributed by atoms with Crippen molar-refractivity contribution >= 4 is 5.97 Å². The van der Waals surface area contributed by atoms with Gasteiger partial charge in [0.1, 0.15) is 11.7 Å². The highest BCUT2D eigenvalue weighted by atomic mass is 16.4. The van der Waals surface area contributed by atoms with Gasteiger partial charge in [0.15, 0.2) is 0 Å². The molecule has 0 radical (unpaired) electrons. The smallest absolute Gasteiger partial charge is 0.312 e. The van der Waals surface area contributed by atoms with Gasteiger partial charge in [-0.3, -0.25) is 4.79 Å². The van der Waals surface area contributed by atoms with Crippen molar-refractivity contribution in [3.63, 3.8) is 0 Å². The van der Waals surface area contributed by atoms with Gasteiger partial charge in [0.05, 0.1) is 5.69 Å². The molecular weight excluding hydrogens is 276 g/mol. The fourth-order valence-electron chi connectivity index (χ4n) is 3.27. The minimum Gasteiger partial charge on any atom is -0.481 e. The zero-order valence-electron chi connectivity index (χ0n) is 13.2. The zero-order valence-corrected chi connectivity index (χ0v) is 13.2. The van der Waals surface area contributed by atoms with Gasteiger partial charge in [0.25, 0.3) is 0 Å². The Morgan fingerprint density at radius 1 is 1.32 bits per heavy atom. The van der Waals surface area contributed by atoms with Crippen LogP contribution in [0.1, 0.15) is 47.1 Å². The summed E-state index contributed by atoms with van der Waals surface area (Å²) < 4.78 is 2.11. The van der Waals surface area contributed by atoms with Crippen molar-refractivity contribution in [1.29, 1.82) is 0 Å². The molecule has 3 rings (SSSR count). The first-order valence-electron chi connectivity index (χ1n) is 7.89. The first kappa shape index (κ1) is 14.8. The number of nitrogens with zero attached hydrogens (tertiary/aromatic N) is 2. The summed E-state index contributed by atoms with van der Waals surface area (Å²) in [5.74, 6) is -0.175. The van der Waals surface area contributed by atoms with Crippen LogP contribution in [0.4, 0.5) is 0 Å². The Morgan fingerprint density at radius 2 is 2.05 bits per heavy atom. The topological polar surface area (TPSA) is 55.1 Å². The first-order valence-corrected chi connectivity index (χ1v) is 7.89. The first-order chi connectivity index (χ1) is 10.6. The second kappa shape index (κ2) is 5.95. The Hall–Kier alpha value is -2.10. The van der Waals surface area contributed by atoms with E-state index in [-0.39, 0.29) is 0 Å². The Kier molecular flexibility index (Phi) is 4.01. The van der Waals surface area contributed by atoms with Gasteiger partial charge >= 0.3 is 5.97 Å². The second-order valence-electron chi connectivity index (χ2n) is 6.19. The number of benzene rings is 1. The van der Waals surface area contributed by atoms with Gasteiger partial charge in [-0.1, -0.05) is 29.8 Å². The number of carboxylic acids is 1. The maximum Gasteiger partial charge on any atom is 0.312 e. The third kappa shape index (κ3) is 2.78. The number of aryl methyl sites for hydroxylation is 3. The second-order valence-corrected chi connectivity index (χ2v) is 6.19. The average Bonchev–Trinajstić information content (AvgIpc) is 2.83. The number of rotatable bonds is 4. The summed E-state index contributed by atoms with van der Waals surface area (Å²) in [6.07, 6.45) is 4.35. The molecule has 1 heterocycles. The van der Waals surface area contributed by atoms with E-state index in [9.17, 15) is 9.90 Å². The molecular formula is C18H22N2O2. The number of fused-ring (bicyclic) bond motifs is 1. The van der Waals surface area contributed by atoms with E-state index in [1.54, 1.807) is 0 Å². The van der Waals surface area contributed by atoms with Crippen LogP contribution in [-0.2, 0) is 31.1 Å². The van der Waals surface area contributed by atoms with Crippen LogP contribution in [0.5, 0.6) is 0 Å². The lowest BCUT2D eigenvalue weighted by Crippen LogP contribution is -2.18. The monoisotopic (exact) mass is 298 g/mol. The van der Waals surface area contributed by atoms with Crippen LogP contribution in [0.2, 0.25) is 0 Å². The van der Waals surface area contributed by atoms with E-state index < -0.39 is 11.9 Å². The van der Waals surface area contributed by atoms with Crippen molar-refractivity contribution in [2.45, 2.75) is 44.9 Å². The van der Waals surface area contributed by atoms with Gasteiger partial charge in [-0.2, -0.15) is 0 Å². The van der Waals surface area contributed by atoms with Gasteiger partial charge in [-0.25, -0.2) is 4.98 Å². The molecule has 1 atom stereocenters.